The van der Waals surface area contributed by atoms with Crippen molar-refractivity contribution in [2.75, 3.05) is 6.54 Å². The van der Waals surface area contributed by atoms with Crippen LogP contribution in [0.4, 0.5) is 0 Å². The third-order valence-electron chi connectivity index (χ3n) is 3.69. The summed E-state index contributed by atoms with van der Waals surface area (Å²) in [5, 5.41) is 7.34. The van der Waals surface area contributed by atoms with E-state index in [2.05, 4.69) is 88.7 Å². The van der Waals surface area contributed by atoms with Crippen LogP contribution in [-0.2, 0) is 6.42 Å². The van der Waals surface area contributed by atoms with Gasteiger partial charge in [-0.2, -0.15) is 0 Å². The van der Waals surface area contributed by atoms with Gasteiger partial charge in [-0.15, -0.1) is 11.3 Å². The van der Waals surface area contributed by atoms with Crippen molar-refractivity contribution in [3.63, 3.8) is 0 Å². The third kappa shape index (κ3) is 3.47. The highest BCUT2D eigenvalue weighted by atomic mass is 127. The van der Waals surface area contributed by atoms with Crippen LogP contribution in [-0.4, -0.2) is 6.54 Å². The normalized spacial score (nSPS) is 12.7. The van der Waals surface area contributed by atoms with Gasteiger partial charge in [-0.25, -0.2) is 0 Å². The topological polar surface area (TPSA) is 12.0 Å². The zero-order chi connectivity index (χ0) is 14.7. The van der Waals surface area contributed by atoms with Gasteiger partial charge in [0.1, 0.15) is 0 Å². The Morgan fingerprint density at radius 1 is 1.14 bits per heavy atom. The fourth-order valence-corrected chi connectivity index (χ4v) is 4.23. The third-order valence-corrected chi connectivity index (χ3v) is 5.37. The molecule has 21 heavy (non-hydrogen) atoms. The Balaban J connectivity index is 1.92. The van der Waals surface area contributed by atoms with Crippen molar-refractivity contribution >= 4 is 44.0 Å². The molecule has 1 N–H and O–H groups in total. The van der Waals surface area contributed by atoms with Crippen LogP contribution >= 0.6 is 33.9 Å². The maximum atomic E-state index is 3.63. The van der Waals surface area contributed by atoms with E-state index in [1.54, 1.807) is 0 Å². The lowest BCUT2D eigenvalue weighted by atomic mass is 9.98. The maximum absolute atomic E-state index is 3.63. The second-order valence-corrected chi connectivity index (χ2v) is 7.28. The molecule has 0 radical (unpaired) electrons. The quantitative estimate of drug-likeness (QED) is 0.559. The lowest BCUT2D eigenvalue weighted by Crippen LogP contribution is -2.22. The minimum absolute atomic E-state index is 0.378. The molecule has 0 saturated carbocycles. The van der Waals surface area contributed by atoms with E-state index in [9.17, 15) is 0 Å². The van der Waals surface area contributed by atoms with Gasteiger partial charge in [-0.1, -0.05) is 37.3 Å². The van der Waals surface area contributed by atoms with Crippen LogP contribution in [0.5, 0.6) is 0 Å². The average molecular weight is 407 g/mol. The van der Waals surface area contributed by atoms with Gasteiger partial charge in [0.15, 0.2) is 0 Å². The SMILES string of the molecule is CCNC(Cc1csc2ccccc12)c1cccc(I)c1. The first-order valence-corrected chi connectivity index (χ1v) is 9.17. The molecule has 1 aromatic heterocycles. The second kappa shape index (κ2) is 6.90. The van der Waals surface area contributed by atoms with E-state index in [4.69, 9.17) is 0 Å². The molecule has 0 spiro atoms. The first-order chi connectivity index (χ1) is 10.3. The number of nitrogens with one attached hydrogen (secondary N) is 1. The van der Waals surface area contributed by atoms with Gasteiger partial charge < -0.3 is 5.32 Å². The molecule has 0 fully saturated rings. The van der Waals surface area contributed by atoms with Gasteiger partial charge >= 0.3 is 0 Å². The Morgan fingerprint density at radius 2 is 2.00 bits per heavy atom. The molecule has 3 aromatic rings. The Kier molecular flexibility index (Phi) is 4.93. The van der Waals surface area contributed by atoms with Crippen LogP contribution in [0.25, 0.3) is 10.1 Å². The van der Waals surface area contributed by atoms with E-state index in [0.717, 1.165) is 13.0 Å². The monoisotopic (exact) mass is 407 g/mol. The summed E-state index contributed by atoms with van der Waals surface area (Å²) >= 11 is 4.23. The number of thiophene rings is 1. The molecule has 108 valence electrons. The summed E-state index contributed by atoms with van der Waals surface area (Å²) < 4.78 is 2.67. The summed E-state index contributed by atoms with van der Waals surface area (Å²) in [4.78, 5) is 0. The van der Waals surface area contributed by atoms with Crippen molar-refractivity contribution in [1.29, 1.82) is 0 Å². The summed E-state index contributed by atoms with van der Waals surface area (Å²) in [6.45, 7) is 3.16. The summed E-state index contributed by atoms with van der Waals surface area (Å²) in [5.41, 5.74) is 2.82. The Labute approximate surface area is 143 Å². The van der Waals surface area contributed by atoms with Crippen LogP contribution in [0.3, 0.4) is 0 Å². The Morgan fingerprint density at radius 3 is 2.81 bits per heavy atom. The largest absolute Gasteiger partial charge is 0.310 e. The molecule has 0 bridgehead atoms. The van der Waals surface area contributed by atoms with E-state index in [0.29, 0.717) is 6.04 Å². The molecule has 0 aliphatic rings. The second-order valence-electron chi connectivity index (χ2n) is 5.13. The Hall–Kier alpha value is -0.910. The minimum atomic E-state index is 0.378. The van der Waals surface area contributed by atoms with E-state index in [-0.39, 0.29) is 0 Å². The fourth-order valence-electron chi connectivity index (χ4n) is 2.69. The molecule has 3 heteroatoms. The van der Waals surface area contributed by atoms with Crippen LogP contribution in [0.15, 0.2) is 53.9 Å². The number of hydrogen-bond acceptors (Lipinski definition) is 2. The number of benzene rings is 2. The highest BCUT2D eigenvalue weighted by Crippen LogP contribution is 2.29. The number of fused-ring (bicyclic) bond motifs is 1. The van der Waals surface area contributed by atoms with Gasteiger partial charge in [0.05, 0.1) is 0 Å². The van der Waals surface area contributed by atoms with Crippen molar-refractivity contribution in [3.8, 4) is 0 Å². The molecule has 0 amide bonds. The van der Waals surface area contributed by atoms with Crippen molar-refractivity contribution in [2.45, 2.75) is 19.4 Å². The molecular formula is C18H18INS. The van der Waals surface area contributed by atoms with Gasteiger partial charge in [0.25, 0.3) is 0 Å². The van der Waals surface area contributed by atoms with Crippen LogP contribution < -0.4 is 5.32 Å². The zero-order valence-electron chi connectivity index (χ0n) is 12.0. The molecule has 1 heterocycles. The summed E-state index contributed by atoms with van der Waals surface area (Å²) in [5.74, 6) is 0. The summed E-state index contributed by atoms with van der Waals surface area (Å²) in [6, 6.07) is 17.9. The lowest BCUT2D eigenvalue weighted by molar-refractivity contribution is 0.551. The van der Waals surface area contributed by atoms with Crippen molar-refractivity contribution in [3.05, 3.63) is 68.6 Å². The van der Waals surface area contributed by atoms with Crippen LogP contribution in [0.2, 0.25) is 0 Å². The zero-order valence-corrected chi connectivity index (χ0v) is 14.9. The molecule has 1 atom stereocenters. The van der Waals surface area contributed by atoms with Crippen LogP contribution in [0, 0.1) is 3.57 Å². The number of likely N-dealkylation sites (N-methyl/N-ethyl adjacent to an activating group) is 1. The van der Waals surface area contributed by atoms with Gasteiger partial charge in [-0.05, 0) is 75.6 Å². The van der Waals surface area contributed by atoms with E-state index in [1.165, 1.54) is 24.8 Å². The molecule has 0 aliphatic carbocycles. The van der Waals surface area contributed by atoms with E-state index in [1.807, 2.05) is 11.3 Å². The predicted octanol–water partition coefficient (Wildman–Crippen LogP) is 5.40. The van der Waals surface area contributed by atoms with Gasteiger partial charge in [-0.3, -0.25) is 0 Å². The smallest absolute Gasteiger partial charge is 0.0361 e. The highest BCUT2D eigenvalue weighted by Gasteiger charge is 2.14. The molecule has 0 saturated heterocycles. The van der Waals surface area contributed by atoms with E-state index < -0.39 is 0 Å². The molecule has 1 nitrogen and oxygen atoms in total. The van der Waals surface area contributed by atoms with E-state index >= 15 is 0 Å². The fraction of sp³-hybridized carbons (Fsp3) is 0.222. The van der Waals surface area contributed by atoms with Crippen molar-refractivity contribution in [2.24, 2.45) is 0 Å². The molecule has 2 aromatic carbocycles. The predicted molar refractivity (Wildman–Crippen MR) is 101 cm³/mol. The lowest BCUT2D eigenvalue weighted by Gasteiger charge is -2.18. The minimum Gasteiger partial charge on any atom is -0.310 e. The van der Waals surface area contributed by atoms with Crippen LogP contribution in [0.1, 0.15) is 24.1 Å². The molecular weight excluding hydrogens is 389 g/mol. The maximum Gasteiger partial charge on any atom is 0.0361 e. The molecule has 1 unspecified atom stereocenters. The summed E-state index contributed by atoms with van der Waals surface area (Å²) in [6.07, 6.45) is 1.04. The standard InChI is InChI=1S/C18H18INS/c1-2-20-17(13-6-5-7-15(19)10-13)11-14-12-21-18-9-4-3-8-16(14)18/h3-10,12,17,20H,2,11H2,1H3. The van der Waals surface area contributed by atoms with Crippen molar-refractivity contribution < 1.29 is 0 Å². The number of rotatable bonds is 5. The first-order valence-electron chi connectivity index (χ1n) is 7.22. The first kappa shape index (κ1) is 15.0. The van der Waals surface area contributed by atoms with Gasteiger partial charge in [0.2, 0.25) is 0 Å². The molecule has 3 rings (SSSR count). The number of halogens is 1. The molecule has 0 aliphatic heterocycles. The average Bonchev–Trinajstić information content (AvgIpc) is 2.90. The van der Waals surface area contributed by atoms with Crippen molar-refractivity contribution in [1.82, 2.24) is 5.32 Å². The summed E-state index contributed by atoms with van der Waals surface area (Å²) in [7, 11) is 0. The van der Waals surface area contributed by atoms with Gasteiger partial charge in [0, 0.05) is 14.3 Å². The number of hydrogen-bond donors (Lipinski definition) is 1. The Bertz CT molecular complexity index is 735. The highest BCUT2D eigenvalue weighted by molar-refractivity contribution is 14.1.